The van der Waals surface area contributed by atoms with Crippen molar-refractivity contribution in [3.63, 3.8) is 0 Å². The van der Waals surface area contributed by atoms with Crippen molar-refractivity contribution >= 4 is 15.9 Å². The number of hydrogen-bond acceptors (Lipinski definition) is 1. The van der Waals surface area contributed by atoms with Gasteiger partial charge in [-0.2, -0.15) is 0 Å². The number of ether oxygens (including phenoxy) is 1. The molecular formula is C9H9BrO. The molecule has 1 aliphatic heterocycles. The summed E-state index contributed by atoms with van der Waals surface area (Å²) in [5.41, 5.74) is 1.33. The topological polar surface area (TPSA) is 9.23 Å². The van der Waals surface area contributed by atoms with Crippen molar-refractivity contribution < 1.29 is 4.74 Å². The van der Waals surface area contributed by atoms with Crippen LogP contribution in [0.1, 0.15) is 5.56 Å². The van der Waals surface area contributed by atoms with Crippen molar-refractivity contribution in [1.82, 2.24) is 0 Å². The molecule has 1 nitrogen and oxygen atoms in total. The average molecular weight is 213 g/mol. The van der Waals surface area contributed by atoms with Crippen LogP contribution in [-0.2, 0) is 6.42 Å². The zero-order chi connectivity index (χ0) is 7.68. The highest BCUT2D eigenvalue weighted by Crippen LogP contribution is 2.28. The molecule has 0 aliphatic carbocycles. The lowest BCUT2D eigenvalue weighted by Gasteiger charge is -2.04. The zero-order valence-electron chi connectivity index (χ0n) is 6.09. The van der Waals surface area contributed by atoms with Gasteiger partial charge >= 0.3 is 0 Å². The molecule has 0 fully saturated rings. The average Bonchev–Trinajstić information content (AvgIpc) is 2.46. The van der Waals surface area contributed by atoms with Gasteiger partial charge in [-0.3, -0.25) is 0 Å². The van der Waals surface area contributed by atoms with E-state index in [2.05, 4.69) is 28.1 Å². The summed E-state index contributed by atoms with van der Waals surface area (Å²) >= 11 is 3.41. The second-order valence-electron chi connectivity index (χ2n) is 2.71. The maximum Gasteiger partial charge on any atom is 0.123 e. The Morgan fingerprint density at radius 2 is 2.27 bits per heavy atom. The lowest BCUT2D eigenvalue weighted by Crippen LogP contribution is -2.13. The summed E-state index contributed by atoms with van der Waals surface area (Å²) in [4.78, 5) is 0. The predicted octanol–water partition coefficient (Wildman–Crippen LogP) is 2.39. The van der Waals surface area contributed by atoms with E-state index in [1.54, 1.807) is 0 Å². The first-order valence-electron chi connectivity index (χ1n) is 3.70. The first-order valence-corrected chi connectivity index (χ1v) is 4.83. The first kappa shape index (κ1) is 7.17. The molecule has 2 rings (SSSR count). The third-order valence-electron chi connectivity index (χ3n) is 1.89. The van der Waals surface area contributed by atoms with Crippen LogP contribution in [0.5, 0.6) is 5.75 Å². The Balaban J connectivity index is 2.27. The summed E-state index contributed by atoms with van der Waals surface area (Å²) < 4.78 is 5.61. The summed E-state index contributed by atoms with van der Waals surface area (Å²) in [5, 5.41) is 0.918. The fraction of sp³-hybridized carbons (Fsp3) is 0.333. The SMILES string of the molecule is BrC[C@@H]1Cc2ccccc2O1. The van der Waals surface area contributed by atoms with E-state index in [9.17, 15) is 0 Å². The molecule has 1 aliphatic rings. The Bertz CT molecular complexity index is 234. The number of rotatable bonds is 1. The molecule has 1 atom stereocenters. The maximum absolute atomic E-state index is 5.61. The molecule has 1 heterocycles. The van der Waals surface area contributed by atoms with E-state index >= 15 is 0 Å². The van der Waals surface area contributed by atoms with Crippen molar-refractivity contribution in [2.75, 3.05) is 5.33 Å². The van der Waals surface area contributed by atoms with E-state index < -0.39 is 0 Å². The lowest BCUT2D eigenvalue weighted by molar-refractivity contribution is 0.260. The lowest BCUT2D eigenvalue weighted by atomic mass is 10.1. The fourth-order valence-corrected chi connectivity index (χ4v) is 1.70. The van der Waals surface area contributed by atoms with Gasteiger partial charge in [0, 0.05) is 11.8 Å². The van der Waals surface area contributed by atoms with Gasteiger partial charge < -0.3 is 4.74 Å². The van der Waals surface area contributed by atoms with Crippen LogP contribution >= 0.6 is 15.9 Å². The molecule has 58 valence electrons. The molecule has 0 bridgehead atoms. The van der Waals surface area contributed by atoms with Crippen LogP contribution in [0.15, 0.2) is 24.3 Å². The van der Waals surface area contributed by atoms with E-state index in [1.807, 2.05) is 12.1 Å². The Kier molecular flexibility index (Phi) is 1.86. The minimum Gasteiger partial charge on any atom is -0.489 e. The largest absolute Gasteiger partial charge is 0.489 e. The van der Waals surface area contributed by atoms with Crippen LogP contribution < -0.4 is 4.74 Å². The molecule has 1 aromatic carbocycles. The van der Waals surface area contributed by atoms with Crippen LogP contribution in [0.4, 0.5) is 0 Å². The van der Waals surface area contributed by atoms with Crippen LogP contribution in [0, 0.1) is 0 Å². The third-order valence-corrected chi connectivity index (χ3v) is 2.61. The van der Waals surface area contributed by atoms with Crippen molar-refractivity contribution in [2.45, 2.75) is 12.5 Å². The summed E-state index contributed by atoms with van der Waals surface area (Å²) in [6.45, 7) is 0. The van der Waals surface area contributed by atoms with Gasteiger partial charge in [0.05, 0.1) is 0 Å². The molecule has 1 aromatic rings. The zero-order valence-corrected chi connectivity index (χ0v) is 7.67. The van der Waals surface area contributed by atoms with Crippen LogP contribution in [0.25, 0.3) is 0 Å². The quantitative estimate of drug-likeness (QED) is 0.650. The monoisotopic (exact) mass is 212 g/mol. The van der Waals surface area contributed by atoms with Gasteiger partial charge in [-0.05, 0) is 11.6 Å². The first-order chi connectivity index (χ1) is 5.40. The number of benzene rings is 1. The molecule has 0 radical (unpaired) electrons. The van der Waals surface area contributed by atoms with Gasteiger partial charge in [-0.15, -0.1) is 0 Å². The van der Waals surface area contributed by atoms with Gasteiger partial charge in [-0.1, -0.05) is 34.1 Å². The van der Waals surface area contributed by atoms with E-state index in [4.69, 9.17) is 4.74 Å². The second kappa shape index (κ2) is 2.86. The molecule has 0 N–H and O–H groups in total. The number of alkyl halides is 1. The minimum atomic E-state index is 0.340. The Hall–Kier alpha value is -0.500. The maximum atomic E-state index is 5.61. The van der Waals surface area contributed by atoms with Crippen LogP contribution in [-0.4, -0.2) is 11.4 Å². The van der Waals surface area contributed by atoms with Crippen LogP contribution in [0.2, 0.25) is 0 Å². The van der Waals surface area contributed by atoms with Crippen molar-refractivity contribution in [3.8, 4) is 5.75 Å². The molecule has 0 spiro atoms. The van der Waals surface area contributed by atoms with Gasteiger partial charge in [0.2, 0.25) is 0 Å². The van der Waals surface area contributed by atoms with Gasteiger partial charge in [-0.25, -0.2) is 0 Å². The fourth-order valence-electron chi connectivity index (χ4n) is 1.34. The van der Waals surface area contributed by atoms with Gasteiger partial charge in [0.25, 0.3) is 0 Å². The molecule has 11 heavy (non-hydrogen) atoms. The molecular weight excluding hydrogens is 204 g/mol. The summed E-state index contributed by atoms with van der Waals surface area (Å²) in [6, 6.07) is 8.21. The predicted molar refractivity (Wildman–Crippen MR) is 48.4 cm³/mol. The van der Waals surface area contributed by atoms with E-state index in [1.165, 1.54) is 5.56 Å². The Morgan fingerprint density at radius 3 is 3.00 bits per heavy atom. The van der Waals surface area contributed by atoms with Gasteiger partial charge in [0.1, 0.15) is 11.9 Å². The van der Waals surface area contributed by atoms with Crippen LogP contribution in [0.3, 0.4) is 0 Å². The molecule has 0 amide bonds. The van der Waals surface area contributed by atoms with Gasteiger partial charge in [0.15, 0.2) is 0 Å². The highest BCUT2D eigenvalue weighted by Gasteiger charge is 2.20. The van der Waals surface area contributed by atoms with Crippen molar-refractivity contribution in [1.29, 1.82) is 0 Å². The third kappa shape index (κ3) is 1.27. The minimum absolute atomic E-state index is 0.340. The van der Waals surface area contributed by atoms with E-state index in [0.29, 0.717) is 6.10 Å². The number of hydrogen-bond donors (Lipinski definition) is 0. The highest BCUT2D eigenvalue weighted by atomic mass is 79.9. The van der Waals surface area contributed by atoms with Crippen molar-refractivity contribution in [3.05, 3.63) is 29.8 Å². The Labute approximate surface area is 74.5 Å². The highest BCUT2D eigenvalue weighted by molar-refractivity contribution is 9.09. The normalized spacial score (nSPS) is 21.0. The molecule has 0 saturated carbocycles. The molecule has 0 saturated heterocycles. The Morgan fingerprint density at radius 1 is 1.45 bits per heavy atom. The smallest absolute Gasteiger partial charge is 0.123 e. The summed E-state index contributed by atoms with van der Waals surface area (Å²) in [7, 11) is 0. The van der Waals surface area contributed by atoms with Crippen molar-refractivity contribution in [2.24, 2.45) is 0 Å². The van der Waals surface area contributed by atoms with E-state index in [-0.39, 0.29) is 0 Å². The summed E-state index contributed by atoms with van der Waals surface area (Å²) in [6.07, 6.45) is 1.38. The number of para-hydroxylation sites is 1. The molecule has 0 aromatic heterocycles. The molecule has 0 unspecified atom stereocenters. The number of halogens is 1. The standard InChI is InChI=1S/C9H9BrO/c10-6-8-5-7-3-1-2-4-9(7)11-8/h1-4,8H,5-6H2/t8-/m0/s1. The summed E-state index contributed by atoms with van der Waals surface area (Å²) in [5.74, 6) is 1.05. The second-order valence-corrected chi connectivity index (χ2v) is 3.35. The van der Waals surface area contributed by atoms with E-state index in [0.717, 1.165) is 17.5 Å². The molecule has 2 heteroatoms. The number of fused-ring (bicyclic) bond motifs is 1.